The average Bonchev–Trinajstić information content (AvgIpc) is 3.04. The highest BCUT2D eigenvalue weighted by Crippen LogP contribution is 2.37. The van der Waals surface area contributed by atoms with Crippen molar-refractivity contribution in [1.29, 1.82) is 0 Å². The van der Waals surface area contributed by atoms with Crippen molar-refractivity contribution in [3.05, 3.63) is 0 Å². The van der Waals surface area contributed by atoms with Gasteiger partial charge in [-0.05, 0) is 12.3 Å². The molecule has 0 radical (unpaired) electrons. The van der Waals surface area contributed by atoms with E-state index in [2.05, 4.69) is 5.32 Å². The first kappa shape index (κ1) is 16.7. The Morgan fingerprint density at radius 1 is 1.40 bits per heavy atom. The maximum Gasteiger partial charge on any atom is 0.406 e. The molecular weight excluding hydrogens is 277 g/mol. The molecule has 0 aliphatic heterocycles. The van der Waals surface area contributed by atoms with E-state index in [4.69, 9.17) is 5.11 Å². The second kappa shape index (κ2) is 6.92. The van der Waals surface area contributed by atoms with Crippen molar-refractivity contribution in [3.8, 4) is 0 Å². The van der Waals surface area contributed by atoms with Crippen LogP contribution in [-0.4, -0.2) is 54.2 Å². The van der Waals surface area contributed by atoms with Crippen LogP contribution in [0.25, 0.3) is 0 Å². The first-order chi connectivity index (χ1) is 9.24. The Morgan fingerprint density at radius 3 is 2.45 bits per heavy atom. The predicted octanol–water partition coefficient (Wildman–Crippen LogP) is 0.532. The van der Waals surface area contributed by atoms with E-state index in [1.54, 1.807) is 0 Å². The minimum atomic E-state index is -4.50. The van der Waals surface area contributed by atoms with Gasteiger partial charge in [0.05, 0.1) is 6.61 Å². The zero-order valence-electron chi connectivity index (χ0n) is 11.2. The van der Waals surface area contributed by atoms with Crippen LogP contribution in [0.3, 0.4) is 0 Å². The van der Waals surface area contributed by atoms with Gasteiger partial charge in [0.25, 0.3) is 0 Å². The highest BCUT2D eigenvalue weighted by Gasteiger charge is 2.39. The van der Waals surface area contributed by atoms with Crippen molar-refractivity contribution in [3.63, 3.8) is 0 Å². The topological polar surface area (TPSA) is 69.6 Å². The summed E-state index contributed by atoms with van der Waals surface area (Å²) in [5.74, 6) is -0.592. The summed E-state index contributed by atoms with van der Waals surface area (Å²) in [5.41, 5.74) is 0. The summed E-state index contributed by atoms with van der Waals surface area (Å²) in [6, 6.07) is 0. The molecule has 1 aliphatic rings. The Balaban J connectivity index is 2.32. The molecule has 8 heteroatoms. The molecule has 1 saturated carbocycles. The van der Waals surface area contributed by atoms with Gasteiger partial charge < -0.3 is 15.3 Å². The molecule has 0 saturated heterocycles. The highest BCUT2D eigenvalue weighted by molar-refractivity contribution is 5.82. The van der Waals surface area contributed by atoms with E-state index in [1.165, 1.54) is 0 Å². The number of carbonyl (C=O) groups excluding carboxylic acids is 2. The van der Waals surface area contributed by atoms with Gasteiger partial charge in [0.2, 0.25) is 11.8 Å². The molecule has 0 aromatic rings. The fraction of sp³-hybridized carbons (Fsp3) is 0.833. The first-order valence-electron chi connectivity index (χ1n) is 6.47. The smallest absolute Gasteiger partial charge is 0.395 e. The lowest BCUT2D eigenvalue weighted by Crippen LogP contribution is -2.42. The van der Waals surface area contributed by atoms with Crippen molar-refractivity contribution in [1.82, 2.24) is 10.2 Å². The molecule has 2 atom stereocenters. The van der Waals surface area contributed by atoms with Crippen LogP contribution < -0.4 is 5.32 Å². The SMILES string of the molecule is CC1CC1C(=O)NCCC(=O)N(CCO)CC(F)(F)F. The number of aliphatic hydroxyl groups excluding tert-OH is 1. The molecule has 0 spiro atoms. The van der Waals surface area contributed by atoms with Gasteiger partial charge in [-0.25, -0.2) is 0 Å². The molecule has 1 aliphatic carbocycles. The van der Waals surface area contributed by atoms with E-state index in [0.717, 1.165) is 6.42 Å². The number of nitrogens with zero attached hydrogens (tertiary/aromatic N) is 1. The summed E-state index contributed by atoms with van der Waals surface area (Å²) in [5, 5.41) is 11.2. The maximum absolute atomic E-state index is 12.3. The molecule has 5 nitrogen and oxygen atoms in total. The lowest BCUT2D eigenvalue weighted by molar-refractivity contribution is -0.162. The number of nitrogens with one attached hydrogen (secondary N) is 1. The van der Waals surface area contributed by atoms with Crippen LogP contribution in [0.2, 0.25) is 0 Å². The minimum absolute atomic E-state index is 0.0146. The van der Waals surface area contributed by atoms with E-state index in [-0.39, 0.29) is 31.3 Å². The zero-order chi connectivity index (χ0) is 15.3. The summed E-state index contributed by atoms with van der Waals surface area (Å²) in [7, 11) is 0. The average molecular weight is 296 g/mol. The molecule has 1 rings (SSSR count). The van der Waals surface area contributed by atoms with Crippen molar-refractivity contribution >= 4 is 11.8 Å². The third-order valence-corrected chi connectivity index (χ3v) is 3.18. The number of rotatable bonds is 7. The number of aliphatic hydroxyl groups is 1. The molecule has 116 valence electrons. The molecule has 0 aromatic carbocycles. The van der Waals surface area contributed by atoms with Crippen molar-refractivity contribution in [2.75, 3.05) is 26.2 Å². The van der Waals surface area contributed by atoms with Crippen LogP contribution in [0, 0.1) is 11.8 Å². The molecule has 0 bridgehead atoms. The summed E-state index contributed by atoms with van der Waals surface area (Å²) >= 11 is 0. The number of hydrogen-bond acceptors (Lipinski definition) is 3. The second-order valence-corrected chi connectivity index (χ2v) is 5.01. The summed E-state index contributed by atoms with van der Waals surface area (Å²) < 4.78 is 36.8. The van der Waals surface area contributed by atoms with E-state index < -0.39 is 25.2 Å². The number of amides is 2. The van der Waals surface area contributed by atoms with Crippen LogP contribution in [0.1, 0.15) is 19.8 Å². The summed E-state index contributed by atoms with van der Waals surface area (Å²) in [6.45, 7) is -0.345. The minimum Gasteiger partial charge on any atom is -0.395 e. The fourth-order valence-electron chi connectivity index (χ4n) is 1.90. The number of hydrogen-bond donors (Lipinski definition) is 2. The Kier molecular flexibility index (Phi) is 5.79. The van der Waals surface area contributed by atoms with Gasteiger partial charge in [0.1, 0.15) is 6.54 Å². The fourth-order valence-corrected chi connectivity index (χ4v) is 1.90. The quantitative estimate of drug-likeness (QED) is 0.720. The number of alkyl halides is 3. The monoisotopic (exact) mass is 296 g/mol. The molecule has 1 fully saturated rings. The number of carbonyl (C=O) groups is 2. The molecule has 0 aromatic heterocycles. The Morgan fingerprint density at radius 2 is 2.00 bits per heavy atom. The molecule has 20 heavy (non-hydrogen) atoms. The van der Waals surface area contributed by atoms with Crippen LogP contribution in [0.4, 0.5) is 13.2 Å². The molecular formula is C12H19F3N2O3. The number of halogens is 3. The van der Waals surface area contributed by atoms with Gasteiger partial charge in [-0.1, -0.05) is 6.92 Å². The van der Waals surface area contributed by atoms with Gasteiger partial charge in [-0.3, -0.25) is 9.59 Å². The normalized spacial score (nSPS) is 21.4. The zero-order valence-corrected chi connectivity index (χ0v) is 11.2. The Bertz CT molecular complexity index is 360. The van der Waals surface area contributed by atoms with Gasteiger partial charge in [0.15, 0.2) is 0 Å². The summed E-state index contributed by atoms with van der Waals surface area (Å²) in [4.78, 5) is 23.6. The molecule has 0 heterocycles. The van der Waals surface area contributed by atoms with E-state index >= 15 is 0 Å². The molecule has 2 unspecified atom stereocenters. The molecule has 2 amide bonds. The van der Waals surface area contributed by atoms with Crippen molar-refractivity contribution in [2.24, 2.45) is 11.8 Å². The van der Waals surface area contributed by atoms with E-state index in [0.29, 0.717) is 10.8 Å². The van der Waals surface area contributed by atoms with Gasteiger partial charge in [-0.15, -0.1) is 0 Å². The summed E-state index contributed by atoms with van der Waals surface area (Å²) in [6.07, 6.45) is -3.90. The third kappa shape index (κ3) is 5.77. The maximum atomic E-state index is 12.3. The van der Waals surface area contributed by atoms with Crippen LogP contribution >= 0.6 is 0 Å². The van der Waals surface area contributed by atoms with Crippen LogP contribution in [0.5, 0.6) is 0 Å². The van der Waals surface area contributed by atoms with Crippen LogP contribution in [-0.2, 0) is 9.59 Å². The molecule has 2 N–H and O–H groups in total. The van der Waals surface area contributed by atoms with Crippen molar-refractivity contribution < 1.29 is 27.9 Å². The standard InChI is InChI=1S/C12H19F3N2O3/c1-8-6-9(8)11(20)16-3-2-10(19)17(4-5-18)7-12(13,14)15/h8-9,18H,2-7H2,1H3,(H,16,20). The first-order valence-corrected chi connectivity index (χ1v) is 6.47. The Hall–Kier alpha value is -1.31. The lowest BCUT2D eigenvalue weighted by atomic mass is 10.3. The predicted molar refractivity (Wildman–Crippen MR) is 64.6 cm³/mol. The lowest BCUT2D eigenvalue weighted by Gasteiger charge is -2.23. The van der Waals surface area contributed by atoms with Gasteiger partial charge in [0, 0.05) is 25.4 Å². The Labute approximate surface area is 115 Å². The van der Waals surface area contributed by atoms with Crippen LogP contribution in [0.15, 0.2) is 0 Å². The highest BCUT2D eigenvalue weighted by atomic mass is 19.4. The van der Waals surface area contributed by atoms with Crippen molar-refractivity contribution in [2.45, 2.75) is 25.9 Å². The van der Waals surface area contributed by atoms with E-state index in [1.807, 2.05) is 6.92 Å². The largest absolute Gasteiger partial charge is 0.406 e. The van der Waals surface area contributed by atoms with Gasteiger partial charge >= 0.3 is 6.18 Å². The second-order valence-electron chi connectivity index (χ2n) is 5.01. The van der Waals surface area contributed by atoms with E-state index in [9.17, 15) is 22.8 Å². The third-order valence-electron chi connectivity index (χ3n) is 3.18. The van der Waals surface area contributed by atoms with Gasteiger partial charge in [-0.2, -0.15) is 13.2 Å².